The number of imide groups is 1. The molecule has 1 aliphatic heterocycles. The minimum absolute atomic E-state index is 0.0180. The summed E-state index contributed by atoms with van der Waals surface area (Å²) in [6.45, 7) is 8.36. The molecule has 18 N–H and O–H groups in total. The number of hydrogen-bond acceptors (Lipinski definition) is 16. The highest BCUT2D eigenvalue weighted by Crippen LogP contribution is 2.20. The van der Waals surface area contributed by atoms with Gasteiger partial charge in [-0.1, -0.05) is 124 Å². The number of pyridine rings is 1. The van der Waals surface area contributed by atoms with Gasteiger partial charge in [0.05, 0.1) is 13.0 Å². The van der Waals surface area contributed by atoms with E-state index in [1.807, 2.05) is 61.6 Å². The largest absolute Gasteiger partial charge is 0.394 e. The van der Waals surface area contributed by atoms with Crippen LogP contribution in [0, 0.1) is 5.92 Å². The molecule has 7 rings (SSSR count). The Morgan fingerprint density at radius 2 is 0.981 bits per heavy atom. The summed E-state index contributed by atoms with van der Waals surface area (Å²) in [5.41, 5.74) is 14.0. The van der Waals surface area contributed by atoms with Gasteiger partial charge in [-0.25, -0.2) is 9.59 Å². The number of benzene rings is 5. The van der Waals surface area contributed by atoms with E-state index in [0.29, 0.717) is 52.2 Å². The molecule has 105 heavy (non-hydrogen) atoms. The number of nitrogens with two attached hydrogens (primary N) is 2. The van der Waals surface area contributed by atoms with Gasteiger partial charge in [0.1, 0.15) is 54.4 Å². The van der Waals surface area contributed by atoms with Crippen molar-refractivity contribution in [3.63, 3.8) is 0 Å². The molecule has 6 aromatic rings. The highest BCUT2D eigenvalue weighted by atomic mass is 35.5. The number of fused-ring (bicyclic) bond motifs is 1. The van der Waals surface area contributed by atoms with Crippen molar-refractivity contribution in [3.05, 3.63) is 173 Å². The number of aromatic nitrogens is 1. The van der Waals surface area contributed by atoms with E-state index >= 15 is 4.79 Å². The molecule has 0 saturated carbocycles. The number of carbonyl (C=O) groups is 13. The third-order valence-electron chi connectivity index (χ3n) is 16.9. The fraction of sp³-hybridized carbons (Fsp3) is 0.378. The molecule has 1 aliphatic rings. The number of anilines is 2. The molecule has 0 bridgehead atoms. The fourth-order valence-electron chi connectivity index (χ4n) is 11.5. The molecule has 30 nitrogen and oxygen atoms in total. The van der Waals surface area contributed by atoms with Gasteiger partial charge in [-0.15, -0.1) is 0 Å². The first kappa shape index (κ1) is 80.9. The summed E-state index contributed by atoms with van der Waals surface area (Å²) < 4.78 is 0. The molecular weight excluding hydrogens is 1370 g/mol. The van der Waals surface area contributed by atoms with E-state index in [2.05, 4.69) is 68.8 Å². The molecule has 1 saturated heterocycles. The molecule has 15 amide bonds. The second-order valence-corrected chi connectivity index (χ2v) is 26.8. The minimum Gasteiger partial charge on any atom is -0.394 e. The molecule has 0 radical (unpaired) electrons. The van der Waals surface area contributed by atoms with Gasteiger partial charge < -0.3 is 80.4 Å². The van der Waals surface area contributed by atoms with Crippen molar-refractivity contribution in [3.8, 4) is 0 Å². The number of urea groups is 2. The molecule has 0 spiro atoms. The number of amides is 15. The van der Waals surface area contributed by atoms with Gasteiger partial charge in [0.15, 0.2) is 0 Å². The SMILES string of the molecule is CC(=O)N[C@H](Cc1ccc2ccccc2c1)C(=O)N[C@H](Cc1ccc(Cl)cc1)C(=O)N[C@H](Cc1cccnc1)C(=O)N[C@@H](CO)C(=O)N[C@@H](Cc1ccc(NC(=O)[C@@H]2CC(=O)NC(=O)N2)cc1)C(=O)N[C@H](Cc1ccc(NC(N)=O)cc1)C(=O)N[C@@H](CC(C)C)C(=O)N[C@@H](CCCCNC(C)C)C(N)=O. The molecule has 31 heteroatoms. The first-order valence-corrected chi connectivity index (χ1v) is 34.8. The van der Waals surface area contributed by atoms with Crippen LogP contribution in [0.1, 0.15) is 94.5 Å². The number of rotatable bonds is 38. The zero-order chi connectivity index (χ0) is 76.3. The Morgan fingerprint density at radius 1 is 0.524 bits per heavy atom. The zero-order valence-electron chi connectivity index (χ0n) is 58.8. The van der Waals surface area contributed by atoms with E-state index in [0.717, 1.165) is 10.8 Å². The van der Waals surface area contributed by atoms with E-state index in [1.54, 1.807) is 50.2 Å². The van der Waals surface area contributed by atoms with Crippen molar-refractivity contribution in [1.29, 1.82) is 0 Å². The summed E-state index contributed by atoms with van der Waals surface area (Å²) in [7, 11) is 0. The van der Waals surface area contributed by atoms with Crippen molar-refractivity contribution >= 4 is 111 Å². The number of hydrogen-bond donors (Lipinski definition) is 16. The molecule has 0 unspecified atom stereocenters. The number of primary amides is 2. The average molecular weight is 1460 g/mol. The number of nitrogens with one attached hydrogen (secondary N) is 13. The zero-order valence-corrected chi connectivity index (χ0v) is 59.6. The summed E-state index contributed by atoms with van der Waals surface area (Å²) in [5, 5.41) is 47.4. The lowest BCUT2D eigenvalue weighted by Gasteiger charge is -2.28. The van der Waals surface area contributed by atoms with Crippen LogP contribution in [-0.2, 0) is 84.8 Å². The van der Waals surface area contributed by atoms with Gasteiger partial charge in [-0.2, -0.15) is 0 Å². The summed E-state index contributed by atoms with van der Waals surface area (Å²) in [4.78, 5) is 182. The van der Waals surface area contributed by atoms with E-state index in [4.69, 9.17) is 23.1 Å². The van der Waals surface area contributed by atoms with E-state index in [1.165, 1.54) is 67.8 Å². The Bertz CT molecular complexity index is 4040. The minimum atomic E-state index is -1.89. The van der Waals surface area contributed by atoms with Gasteiger partial charge in [0.25, 0.3) is 0 Å². The first-order valence-electron chi connectivity index (χ1n) is 34.4. The Labute approximate surface area is 612 Å². The van der Waals surface area contributed by atoms with Crippen LogP contribution in [-0.4, -0.2) is 161 Å². The van der Waals surface area contributed by atoms with E-state index in [9.17, 15) is 62.6 Å². The summed E-state index contributed by atoms with van der Waals surface area (Å²) in [5.74, 6) is -9.46. The number of unbranched alkanes of at least 4 members (excludes halogenated alkanes) is 1. The van der Waals surface area contributed by atoms with Gasteiger partial charge in [0, 0.05) is 73.9 Å². The molecule has 558 valence electrons. The smallest absolute Gasteiger partial charge is 0.322 e. The molecule has 5 aromatic carbocycles. The van der Waals surface area contributed by atoms with Gasteiger partial charge >= 0.3 is 12.1 Å². The lowest BCUT2D eigenvalue weighted by molar-refractivity contribution is -0.136. The number of aliphatic hydroxyl groups excluding tert-OH is 1. The van der Waals surface area contributed by atoms with E-state index < -0.39 is 144 Å². The maximum absolute atomic E-state index is 15.2. The molecule has 2 heterocycles. The monoisotopic (exact) mass is 1460 g/mol. The quantitative estimate of drug-likeness (QED) is 0.0247. The Morgan fingerprint density at radius 3 is 1.47 bits per heavy atom. The fourth-order valence-corrected chi connectivity index (χ4v) is 11.6. The van der Waals surface area contributed by atoms with Crippen LogP contribution in [0.4, 0.5) is 21.0 Å². The van der Waals surface area contributed by atoms with Crippen molar-refractivity contribution < 1.29 is 67.4 Å². The highest BCUT2D eigenvalue weighted by Gasteiger charge is 2.36. The van der Waals surface area contributed by atoms with Crippen LogP contribution in [0.5, 0.6) is 0 Å². The van der Waals surface area contributed by atoms with Crippen molar-refractivity contribution in [2.75, 3.05) is 23.8 Å². The summed E-state index contributed by atoms with van der Waals surface area (Å²) in [6, 6.07) is 20.1. The van der Waals surface area contributed by atoms with Crippen LogP contribution in [0.3, 0.4) is 0 Å². The topological polar surface area (TPSA) is 463 Å². The second-order valence-electron chi connectivity index (χ2n) is 26.3. The normalized spacial score (nSPS) is 14.9. The summed E-state index contributed by atoms with van der Waals surface area (Å²) in [6.07, 6.45) is 2.88. The predicted octanol–water partition coefficient (Wildman–Crippen LogP) is 2.02. The molecule has 9 atom stereocenters. The Balaban J connectivity index is 1.18. The maximum atomic E-state index is 15.2. The van der Waals surface area contributed by atoms with E-state index in [-0.39, 0.29) is 68.3 Å². The Hall–Kier alpha value is -11.4. The maximum Gasteiger partial charge on any atom is 0.322 e. The third-order valence-corrected chi connectivity index (χ3v) is 17.1. The van der Waals surface area contributed by atoms with Crippen LogP contribution < -0.4 is 80.6 Å². The average Bonchev–Trinajstić information content (AvgIpc) is 0.837. The molecular formula is C74H91ClN16O14. The standard InChI is InChI=1S/C74H91ClN16O14/c1-41(2)31-55(66(97)83-54(64(76)95)14-8-9-30-79-42(3)4)84-68(99)58(34-46-20-27-53(28-21-46)82-73(77)104)86-70(101)59(35-45-18-25-52(26-19-45)81-65(96)61-38-63(94)91-74(105)90-61)88-72(103)62(40-92)89-71(102)60(37-48-11-10-29-78-39-48)87-69(100)57(33-44-16-23-51(75)24-17-44)85-67(98)56(80-43(5)93)36-47-15-22-49-12-6-7-13-50(49)32-47/h6-7,10-13,15-29,32,39,41-42,54-62,79,92H,8-9,14,30-31,33-38,40H2,1-5H3,(H2,76,95)(H,80,93)(H,81,96)(H,83,97)(H,84,99)(H,85,98)(H,86,101)(H,87,100)(H,88,103)(H,89,102)(H3,77,82,104)(H2,90,91,94,105)/t54-,55-,56+,57+,58+,59-,60+,61-,62-/m0/s1. The highest BCUT2D eigenvalue weighted by molar-refractivity contribution is 6.30. The molecule has 0 aliphatic carbocycles. The molecule has 1 fully saturated rings. The van der Waals surface area contributed by atoms with Crippen molar-refractivity contribution in [2.45, 2.75) is 159 Å². The van der Waals surface area contributed by atoms with Gasteiger partial charge in [-0.3, -0.25) is 63.0 Å². The lowest BCUT2D eigenvalue weighted by atomic mass is 9.99. The molecule has 1 aromatic heterocycles. The summed E-state index contributed by atoms with van der Waals surface area (Å²) >= 11 is 6.25. The van der Waals surface area contributed by atoms with Crippen molar-refractivity contribution in [1.82, 2.24) is 63.5 Å². The lowest BCUT2D eigenvalue weighted by Crippen LogP contribution is -2.61. The number of halogens is 1. The number of carbonyl (C=O) groups excluding carboxylic acids is 13. The number of nitrogens with zero attached hydrogens (tertiary/aromatic N) is 1. The van der Waals surface area contributed by atoms with Gasteiger partial charge in [-0.05, 0) is 119 Å². The van der Waals surface area contributed by atoms with Crippen LogP contribution in [0.2, 0.25) is 5.02 Å². The van der Waals surface area contributed by atoms with Crippen LogP contribution in [0.15, 0.2) is 140 Å². The second kappa shape index (κ2) is 39.9. The predicted molar refractivity (Wildman–Crippen MR) is 392 cm³/mol. The number of aliphatic hydroxyl groups is 1. The Kier molecular flexibility index (Phi) is 30.7. The third kappa shape index (κ3) is 26.8. The van der Waals surface area contributed by atoms with Crippen molar-refractivity contribution in [2.24, 2.45) is 17.4 Å². The first-order chi connectivity index (χ1) is 50.1. The van der Waals surface area contributed by atoms with Crippen LogP contribution >= 0.6 is 11.6 Å². The van der Waals surface area contributed by atoms with Gasteiger partial charge in [0.2, 0.25) is 65.0 Å². The van der Waals surface area contributed by atoms with Crippen LogP contribution in [0.25, 0.3) is 10.8 Å².